The number of nitrogens with two attached hydrogens (primary N) is 2. The number of aromatic nitrogens is 8. The number of rotatable bonds is 39. The van der Waals surface area contributed by atoms with Gasteiger partial charge in [-0.25, -0.2) is 57.3 Å². The van der Waals surface area contributed by atoms with Crippen molar-refractivity contribution in [3.8, 4) is 0 Å². The van der Waals surface area contributed by atoms with Crippen LogP contribution in [0.4, 0.5) is 11.6 Å². The van der Waals surface area contributed by atoms with Gasteiger partial charge in [0.25, 0.3) is 0 Å². The Kier molecular flexibility index (Phi) is 31.9. The summed E-state index contributed by atoms with van der Waals surface area (Å²) in [6, 6.07) is 0. The third-order valence-corrected chi connectivity index (χ3v) is 21.0. The van der Waals surface area contributed by atoms with E-state index in [2.05, 4.69) is 81.5 Å². The molecule has 56 heteroatoms. The molecular weight excluding hydrogens is 1540 g/mol. The van der Waals surface area contributed by atoms with E-state index in [1.165, 1.54) is 34.6 Å². The number of aliphatic hydroxyl groups is 4. The second-order valence-electron chi connectivity index (χ2n) is 23.0. The van der Waals surface area contributed by atoms with E-state index in [9.17, 15) is 116 Å². The molecule has 6 rings (SSSR count). The summed E-state index contributed by atoms with van der Waals surface area (Å²) < 4.78 is 124. The van der Waals surface area contributed by atoms with E-state index < -0.39 is 163 Å². The molecule has 0 spiro atoms. The molecule has 20 N–H and O–H groups in total. The lowest BCUT2D eigenvalue weighted by atomic mass is 9.87. The zero-order valence-electron chi connectivity index (χ0n) is 53.9. The van der Waals surface area contributed by atoms with Gasteiger partial charge >= 0.3 is 46.9 Å². The van der Waals surface area contributed by atoms with Gasteiger partial charge in [0.2, 0.25) is 23.6 Å². The maximum absolute atomic E-state index is 12.6. The van der Waals surface area contributed by atoms with Crippen molar-refractivity contribution in [3.63, 3.8) is 0 Å². The molecule has 102 heavy (non-hydrogen) atoms. The molecule has 14 atom stereocenters. The summed E-state index contributed by atoms with van der Waals surface area (Å²) in [4.78, 5) is 172. The Morgan fingerprint density at radius 3 is 1.32 bits per heavy atom. The van der Waals surface area contributed by atoms with Crippen molar-refractivity contribution in [2.24, 2.45) is 10.8 Å². The molecule has 4 aromatic heterocycles. The third kappa shape index (κ3) is 27.2. The number of phosphoric acid groups is 6. The molecule has 2 aliphatic rings. The van der Waals surface area contributed by atoms with Crippen molar-refractivity contribution in [1.29, 1.82) is 0 Å². The van der Waals surface area contributed by atoms with Crippen LogP contribution in [0.3, 0.4) is 0 Å². The van der Waals surface area contributed by atoms with Gasteiger partial charge in [-0.2, -0.15) is 21.3 Å². The maximum atomic E-state index is 12.6. The molecule has 6 heterocycles. The normalized spacial score (nSPS) is 22.6. The number of aliphatic hydroxyl groups excluding tert-OH is 4. The van der Waals surface area contributed by atoms with Crippen molar-refractivity contribution in [2.45, 2.75) is 115 Å². The molecule has 0 radical (unpaired) electrons. The third-order valence-electron chi connectivity index (χ3n) is 13.7. The maximum Gasteiger partial charge on any atom is 0.481 e. The zero-order valence-corrected chi connectivity index (χ0v) is 61.0. The Bertz CT molecular complexity index is 3910. The minimum atomic E-state index is -5.58. The predicted octanol–water partition coefficient (Wildman–Crippen LogP) is -3.02. The van der Waals surface area contributed by atoms with Crippen LogP contribution in [-0.4, -0.2) is 246 Å². The molecule has 0 saturated carbocycles. The highest BCUT2D eigenvalue weighted by Crippen LogP contribution is 2.63. The molecule has 0 bridgehead atoms. The first kappa shape index (κ1) is 87.8. The van der Waals surface area contributed by atoms with Gasteiger partial charge in [-0.1, -0.05) is 39.5 Å². The van der Waals surface area contributed by atoms with Crippen LogP contribution in [0.1, 0.15) is 66.3 Å². The Balaban J connectivity index is 0.000000370. The Labute approximate surface area is 585 Å². The number of nitrogens with zero attached hydrogens (tertiary/aromatic N) is 8. The molecule has 576 valence electrons. The number of Topliss-reactive ketones (excluding diaryl/α,β-unsaturated/α-hetero) is 1. The number of hydrogen-bond donors (Lipinski definition) is 19. The number of nitrogen functional groups attached to an aromatic ring is 2. The Morgan fingerprint density at radius 1 is 0.588 bits per heavy atom. The number of ether oxygens (including phenoxy) is 2. The number of nitrogens with one attached hydrogen (secondary N) is 4. The van der Waals surface area contributed by atoms with Crippen LogP contribution >= 0.6 is 71.3 Å². The molecule has 48 nitrogen and oxygen atoms in total. The van der Waals surface area contributed by atoms with Gasteiger partial charge in [-0.3, -0.25) is 65.0 Å². The van der Waals surface area contributed by atoms with Gasteiger partial charge in [0.05, 0.1) is 45.5 Å². The lowest BCUT2D eigenvalue weighted by Crippen LogP contribution is -2.46. The van der Waals surface area contributed by atoms with E-state index in [4.69, 9.17) is 39.0 Å². The van der Waals surface area contributed by atoms with Crippen molar-refractivity contribution in [2.75, 3.05) is 75.6 Å². The fraction of sp³-hybridized carbons (Fsp3) is 0.652. The van der Waals surface area contributed by atoms with Crippen molar-refractivity contribution < 1.29 is 161 Å². The number of carbonyl (C=O) groups is 6. The number of amides is 4. The van der Waals surface area contributed by atoms with Gasteiger partial charge in [0.1, 0.15) is 78.3 Å². The molecule has 2 saturated heterocycles. The van der Waals surface area contributed by atoms with E-state index in [-0.39, 0.29) is 95.4 Å². The Morgan fingerprint density at radius 2 is 0.961 bits per heavy atom. The number of carbonyl (C=O) groups excluding carboxylic acids is 6. The number of ketones is 1. The van der Waals surface area contributed by atoms with Gasteiger partial charge in [-0.15, -0.1) is 0 Å². The number of thioether (sulfide) groups is 1. The average Bonchev–Trinajstić information content (AvgIpc) is 1.62. The first-order valence-electron chi connectivity index (χ1n) is 29.1. The summed E-state index contributed by atoms with van der Waals surface area (Å²) in [6.45, 7) is 2.30. The monoisotopic (exact) mass is 1620 g/mol. The van der Waals surface area contributed by atoms with Crippen LogP contribution in [0.25, 0.3) is 22.3 Å². The standard InChI is InChI=1S/C25H40N7O18P3S.C21H36N7O16P3S/c1-13(33)8-16(35)54-7-6-27-15(34)4-5-28-23(38)20(37)25(2,3)10-47-53(44,45)50-52(42,43)46-9-14-19(49-51(39,40)41)18(36)24(48-14)32-12-31-17-21(26)29-11-30-22(17)32;1-21(2,16(31)19(32)24-4-3-12(29)23-5-6-48)8-41-47(38,39)44-46(36,37)40-7-11-15(43-45(33,34)35)14(30)20(42-11)28-10-27-13-17(22)25-9-26-18(13)28/h11-12,14,18-20,24,36-37H,4-10H2,1-3H3,(H,27,34)(H,28,38)(H,42,43)(H,44,45)(H2,26,29,30)(H2,39,40,41);9-11,14-16,20,30-31,48H,3-8H2,1-2H3,(H,23,29)(H,24,32)(H,36,37)(H,38,39)(H2,22,25,26)(H2,33,34,35)/t14-,18-,19-,20+,24-;11-,14-,15-,16+,20-/m11/s1. The van der Waals surface area contributed by atoms with Crippen LogP contribution in [0.2, 0.25) is 0 Å². The predicted molar refractivity (Wildman–Crippen MR) is 346 cm³/mol. The highest BCUT2D eigenvalue weighted by molar-refractivity contribution is 8.13. The number of fused-ring (bicyclic) bond motifs is 2. The molecular formula is C46H76N14O34P6S2. The van der Waals surface area contributed by atoms with E-state index in [1.54, 1.807) is 0 Å². The first-order valence-corrected chi connectivity index (χ1v) is 39.8. The minimum Gasteiger partial charge on any atom is -0.386 e. The van der Waals surface area contributed by atoms with Gasteiger partial charge < -0.3 is 102 Å². The van der Waals surface area contributed by atoms with Crippen LogP contribution in [-0.2, 0) is 101 Å². The molecule has 2 aliphatic heterocycles. The van der Waals surface area contributed by atoms with Crippen LogP contribution in [0, 0.1) is 10.8 Å². The molecule has 4 amide bonds. The fourth-order valence-electron chi connectivity index (χ4n) is 8.68. The van der Waals surface area contributed by atoms with Crippen molar-refractivity contribution in [1.82, 2.24) is 60.3 Å². The number of hydrogen-bond acceptors (Lipinski definition) is 36. The van der Waals surface area contributed by atoms with Crippen molar-refractivity contribution in [3.05, 3.63) is 25.3 Å². The highest BCUT2D eigenvalue weighted by atomic mass is 32.2. The summed E-state index contributed by atoms with van der Waals surface area (Å²) in [5.74, 6) is -2.55. The van der Waals surface area contributed by atoms with E-state index in [0.29, 0.717) is 12.3 Å². The van der Waals surface area contributed by atoms with Crippen molar-refractivity contribution >= 4 is 140 Å². The summed E-state index contributed by atoms with van der Waals surface area (Å²) in [6.07, 6.45) is -14.0. The summed E-state index contributed by atoms with van der Waals surface area (Å²) in [5, 5.41) is 51.9. The largest absolute Gasteiger partial charge is 0.481 e. The topological polar surface area (TPSA) is 727 Å². The quantitative estimate of drug-likeness (QED) is 0.00915. The van der Waals surface area contributed by atoms with Crippen LogP contribution in [0.15, 0.2) is 25.3 Å². The average molecular weight is 1620 g/mol. The lowest BCUT2D eigenvalue weighted by Gasteiger charge is -2.30. The van der Waals surface area contributed by atoms with E-state index in [1.807, 2.05) is 0 Å². The van der Waals surface area contributed by atoms with E-state index in [0.717, 1.165) is 46.2 Å². The second-order valence-corrected chi connectivity index (χ2v) is 33.0. The smallest absolute Gasteiger partial charge is 0.386 e. The molecule has 2 fully saturated rings. The zero-order chi connectivity index (χ0) is 76.7. The Hall–Kier alpha value is -4.88. The van der Waals surface area contributed by atoms with Gasteiger partial charge in [0.15, 0.2) is 40.5 Å². The lowest BCUT2D eigenvalue weighted by molar-refractivity contribution is -0.137. The summed E-state index contributed by atoms with van der Waals surface area (Å²) in [7, 11) is -32.7. The van der Waals surface area contributed by atoms with E-state index >= 15 is 0 Å². The number of phosphoric ester groups is 6. The van der Waals surface area contributed by atoms with Crippen LogP contribution < -0.4 is 32.7 Å². The molecule has 4 aromatic rings. The summed E-state index contributed by atoms with van der Waals surface area (Å²) in [5.41, 5.74) is 8.52. The number of imidazole rings is 2. The highest BCUT2D eigenvalue weighted by Gasteiger charge is 2.52. The molecule has 0 aliphatic carbocycles. The SMILES string of the molecule is CC(=O)CC(=O)SCCNC(=O)CCNC(=O)[C@H](O)C(C)(C)COP(=O)(O)OP(=O)(O)OC[C@H]1O[C@@H](n2cnc3c(N)ncnc32)[C@H](O)[C@@H]1OP(=O)(O)O.CC(C)(COP(=O)(O)OP(=O)(O)OC[C@H]1O[C@@H](n2cnc3c(N)ncnc32)[C@H](O)[C@@H]1OP(=O)(O)O)[C@@H](O)C(=O)NCCC(=O)NCCS. The number of anilines is 2. The molecule has 0 aromatic carbocycles. The minimum absolute atomic E-state index is 0.0240. The van der Waals surface area contributed by atoms with Gasteiger partial charge in [0, 0.05) is 61.4 Å². The fourth-order valence-corrected chi connectivity index (χ4v) is 15.2. The number of thiol groups is 1. The van der Waals surface area contributed by atoms with Crippen LogP contribution in [0.5, 0.6) is 0 Å². The molecule has 4 unspecified atom stereocenters. The first-order chi connectivity index (χ1) is 47.1. The van der Waals surface area contributed by atoms with Gasteiger partial charge in [-0.05, 0) is 6.92 Å². The summed E-state index contributed by atoms with van der Waals surface area (Å²) >= 11 is 4.83. The second kappa shape index (κ2) is 37.1.